The van der Waals surface area contributed by atoms with Gasteiger partial charge in [-0.2, -0.15) is 6.42 Å². The summed E-state index contributed by atoms with van der Waals surface area (Å²) in [4.78, 5) is 0. The van der Waals surface area contributed by atoms with Crippen molar-refractivity contribution in [3.05, 3.63) is 42.2 Å². The van der Waals surface area contributed by atoms with Crippen LogP contribution in [-0.4, -0.2) is 5.71 Å². The Bertz CT molecular complexity index is 379. The molecule has 0 amide bonds. The third kappa shape index (κ3) is 9.71. The van der Waals surface area contributed by atoms with Gasteiger partial charge in [0.2, 0.25) is 0 Å². The molecule has 1 aliphatic rings. The number of benzene rings is 1. The maximum Gasteiger partial charge on any atom is 1.00 e. The number of hydrogen-bond donors (Lipinski definition) is 0. The molecule has 0 atom stereocenters. The van der Waals surface area contributed by atoms with E-state index in [1.54, 1.807) is 0 Å². The maximum atomic E-state index is 4.47. The van der Waals surface area contributed by atoms with Crippen LogP contribution in [0, 0.1) is 6.42 Å². The van der Waals surface area contributed by atoms with E-state index >= 15 is 0 Å². The van der Waals surface area contributed by atoms with Crippen LogP contribution < -0.4 is 37.7 Å². The van der Waals surface area contributed by atoms with Crippen LogP contribution in [0.25, 0.3) is 5.43 Å². The van der Waals surface area contributed by atoms with Crippen LogP contribution in [0.2, 0.25) is 0 Å². The van der Waals surface area contributed by atoms with E-state index in [2.05, 4.69) is 16.9 Å². The minimum atomic E-state index is 0. The fourth-order valence-electron chi connectivity index (χ4n) is 2.59. The summed E-state index contributed by atoms with van der Waals surface area (Å²) >= 11 is 0. The molecule has 0 bridgehead atoms. The van der Waals surface area contributed by atoms with E-state index in [9.17, 15) is 0 Å². The van der Waals surface area contributed by atoms with Crippen LogP contribution in [0.3, 0.4) is 0 Å². The molecule has 0 spiro atoms. The van der Waals surface area contributed by atoms with Crippen LogP contribution in [-0.2, 0) is 0 Å². The summed E-state index contributed by atoms with van der Waals surface area (Å²) in [5.41, 5.74) is 6.47. The second kappa shape index (κ2) is 14.4. The van der Waals surface area contributed by atoms with Gasteiger partial charge in [0.25, 0.3) is 0 Å². The number of nitrogens with zero attached hydrogens (tertiary/aromatic N) is 2. The third-order valence-corrected chi connectivity index (χ3v) is 3.82. The largest absolute Gasteiger partial charge is 1.00 e. The Balaban J connectivity index is 0.00000220. The van der Waals surface area contributed by atoms with Crippen LogP contribution in [0.15, 0.2) is 35.4 Å². The van der Waals surface area contributed by atoms with Crippen molar-refractivity contribution in [3.8, 4) is 0 Å². The monoisotopic (exact) mass is 284 g/mol. The molecule has 0 unspecified atom stereocenters. The molecule has 1 aromatic rings. The van der Waals surface area contributed by atoms with Gasteiger partial charge in [0.1, 0.15) is 0 Å². The number of rotatable bonds is 2. The Morgan fingerprint density at radius 1 is 0.773 bits per heavy atom. The molecule has 0 saturated heterocycles. The molecule has 110 valence electrons. The van der Waals surface area contributed by atoms with Crippen molar-refractivity contribution in [2.45, 2.75) is 64.2 Å². The van der Waals surface area contributed by atoms with E-state index in [1.165, 1.54) is 57.1 Å². The van der Waals surface area contributed by atoms with E-state index in [0.29, 0.717) is 0 Å². The van der Waals surface area contributed by atoms with Gasteiger partial charge in [-0.05, 0) is 6.42 Å². The van der Waals surface area contributed by atoms with Crippen LogP contribution in [0.4, 0.5) is 5.69 Å². The van der Waals surface area contributed by atoms with E-state index in [0.717, 1.165) is 18.5 Å². The molecule has 22 heavy (non-hydrogen) atoms. The van der Waals surface area contributed by atoms with E-state index in [4.69, 9.17) is 0 Å². The average molecular weight is 284 g/mol. The Hall–Kier alpha value is -0.245. The molecule has 1 aliphatic carbocycles. The Morgan fingerprint density at radius 3 is 2.05 bits per heavy atom. The molecule has 4 heteroatoms. The first-order chi connectivity index (χ1) is 9.95. The number of hydrogen-bond acceptors (Lipinski definition) is 1. The fraction of sp³-hybridized carbons (Fsp3) is 0.556. The predicted molar refractivity (Wildman–Crippen MR) is 87.4 cm³/mol. The molecule has 0 heterocycles. The van der Waals surface area contributed by atoms with Gasteiger partial charge in [0, 0.05) is 0 Å². The van der Waals surface area contributed by atoms with Gasteiger partial charge >= 0.3 is 37.7 Å². The van der Waals surface area contributed by atoms with Gasteiger partial charge < -0.3 is 16.9 Å². The maximum absolute atomic E-state index is 4.47. The minimum absolute atomic E-state index is 0. The van der Waals surface area contributed by atoms with Gasteiger partial charge in [-0.25, -0.2) is 0 Å². The topological polar surface area (TPSA) is 26.5 Å². The normalized spacial score (nSPS) is 18.6. The van der Waals surface area contributed by atoms with Crippen molar-refractivity contribution in [2.75, 3.05) is 0 Å². The van der Waals surface area contributed by atoms with E-state index in [1.807, 2.05) is 30.3 Å². The van der Waals surface area contributed by atoms with E-state index < -0.39 is 0 Å². The smallest absolute Gasteiger partial charge is 0.578 e. The first-order valence-electron chi connectivity index (χ1n) is 8.11. The summed E-state index contributed by atoms with van der Waals surface area (Å²) in [6.07, 6.45) is 15.4. The molecular weight excluding hydrogens is 258 g/mol. The molecule has 0 aromatic heterocycles. The van der Waals surface area contributed by atoms with E-state index in [-0.39, 0.29) is 37.7 Å². The fourth-order valence-corrected chi connectivity index (χ4v) is 2.59. The Labute approximate surface area is 160 Å². The summed E-state index contributed by atoms with van der Waals surface area (Å²) in [5.74, 6) is 0. The van der Waals surface area contributed by atoms with Crippen molar-refractivity contribution in [1.82, 2.24) is 0 Å². The molecule has 0 radical (unpaired) electrons. The summed E-state index contributed by atoms with van der Waals surface area (Å²) < 4.78 is 0. The predicted octanol–water partition coefficient (Wildman–Crippen LogP) is 0.175. The third-order valence-electron chi connectivity index (χ3n) is 3.82. The van der Waals surface area contributed by atoms with Crippen LogP contribution in [0.5, 0.6) is 0 Å². The van der Waals surface area contributed by atoms with Crippen molar-refractivity contribution < 1.29 is 37.7 Å². The molecule has 2 rings (SSSR count). The Kier molecular flexibility index (Phi) is 14.2. The molecule has 1 fully saturated rings. The van der Waals surface area contributed by atoms with Gasteiger partial charge in [-0.1, -0.05) is 81.7 Å². The van der Waals surface area contributed by atoms with Crippen LogP contribution >= 0.6 is 0 Å². The first-order valence-corrected chi connectivity index (χ1v) is 8.11. The summed E-state index contributed by atoms with van der Waals surface area (Å²) in [6.45, 7) is 0. The zero-order valence-corrected chi connectivity index (χ0v) is 14.4. The molecular formula is C18H26Li2N2. The van der Waals surface area contributed by atoms with Gasteiger partial charge in [-0.3, -0.25) is 0 Å². The first kappa shape index (κ1) is 21.8. The quantitative estimate of drug-likeness (QED) is 0.421. The van der Waals surface area contributed by atoms with Gasteiger partial charge in [-0.15, -0.1) is 11.4 Å². The zero-order chi connectivity index (χ0) is 13.9. The standard InChI is InChI=1S/C18H26N2.2Li/c1-2-4-6-9-13-17(14-10-7-5-3-1)19-20-18-15-11-8-12-16-18;;/h8,11-13,15-16H,1-7,9-10,14H2;;/q-2;2*+1/b19-17+;;. The summed E-state index contributed by atoms with van der Waals surface area (Å²) in [5, 5.41) is 4.47. The minimum Gasteiger partial charge on any atom is -0.578 e. The second-order valence-electron chi connectivity index (χ2n) is 5.60. The molecule has 1 aromatic carbocycles. The van der Waals surface area contributed by atoms with Crippen molar-refractivity contribution in [2.24, 2.45) is 5.10 Å². The molecule has 0 N–H and O–H groups in total. The zero-order valence-electron chi connectivity index (χ0n) is 14.4. The SMILES string of the molecule is [Li+].[Li+].c1ccc([N-]/N=C2\[CH-]CCCCCCCCCC2)cc1. The molecule has 0 aliphatic heterocycles. The summed E-state index contributed by atoms with van der Waals surface area (Å²) in [6, 6.07) is 10.0. The Morgan fingerprint density at radius 2 is 1.36 bits per heavy atom. The average Bonchev–Trinajstić information content (AvgIpc) is 2.48. The van der Waals surface area contributed by atoms with Gasteiger partial charge in [0.05, 0.1) is 0 Å². The van der Waals surface area contributed by atoms with Crippen molar-refractivity contribution in [3.63, 3.8) is 0 Å². The van der Waals surface area contributed by atoms with Gasteiger partial charge in [0.15, 0.2) is 0 Å². The van der Waals surface area contributed by atoms with Crippen molar-refractivity contribution >= 4 is 11.4 Å². The molecule has 1 saturated carbocycles. The molecule has 2 nitrogen and oxygen atoms in total. The summed E-state index contributed by atoms with van der Waals surface area (Å²) in [7, 11) is 0. The van der Waals surface area contributed by atoms with Crippen molar-refractivity contribution in [1.29, 1.82) is 0 Å². The second-order valence-corrected chi connectivity index (χ2v) is 5.60. The van der Waals surface area contributed by atoms with Crippen LogP contribution in [0.1, 0.15) is 64.2 Å².